The lowest BCUT2D eigenvalue weighted by molar-refractivity contribution is -0.154. The van der Waals surface area contributed by atoms with Crippen LogP contribution >= 0.6 is 0 Å². The van der Waals surface area contributed by atoms with Gasteiger partial charge in [-0.05, 0) is 36.1 Å². The summed E-state index contributed by atoms with van der Waals surface area (Å²) in [5, 5.41) is 0. The quantitative estimate of drug-likeness (QED) is 0.786. The standard InChI is InChI=1S/C20H22N2O3/c1-25-20(24)18-13-15-7-2-3-8-16(15)14-22(18)19(23)11-6-10-17-9-4-5-12-21-17/h2-5,7-9,12,18H,6,10-11,13-14H2,1H3/t18-/m0/s1. The number of aryl methyl sites for hydroxylation is 1. The van der Waals surface area contributed by atoms with Crippen LogP contribution in [0.25, 0.3) is 0 Å². The van der Waals surface area contributed by atoms with E-state index in [9.17, 15) is 9.59 Å². The molecule has 5 heteroatoms. The Morgan fingerprint density at radius 1 is 1.16 bits per heavy atom. The summed E-state index contributed by atoms with van der Waals surface area (Å²) < 4.78 is 4.92. The van der Waals surface area contributed by atoms with Gasteiger partial charge in [-0.2, -0.15) is 0 Å². The lowest BCUT2D eigenvalue weighted by Gasteiger charge is -2.35. The Morgan fingerprint density at radius 3 is 2.64 bits per heavy atom. The summed E-state index contributed by atoms with van der Waals surface area (Å²) in [5.41, 5.74) is 3.18. The van der Waals surface area contributed by atoms with Gasteiger partial charge in [0.15, 0.2) is 0 Å². The number of amides is 1. The van der Waals surface area contributed by atoms with Crippen molar-refractivity contribution in [2.75, 3.05) is 7.11 Å². The van der Waals surface area contributed by atoms with E-state index in [4.69, 9.17) is 4.74 Å². The first kappa shape index (κ1) is 17.1. The van der Waals surface area contributed by atoms with Crippen molar-refractivity contribution in [3.63, 3.8) is 0 Å². The maximum absolute atomic E-state index is 12.7. The van der Waals surface area contributed by atoms with E-state index in [0.29, 0.717) is 25.8 Å². The van der Waals surface area contributed by atoms with Gasteiger partial charge >= 0.3 is 5.97 Å². The highest BCUT2D eigenvalue weighted by Gasteiger charge is 2.34. The van der Waals surface area contributed by atoms with Crippen LogP contribution in [0.4, 0.5) is 0 Å². The number of carbonyl (C=O) groups excluding carboxylic acids is 2. The topological polar surface area (TPSA) is 59.5 Å². The summed E-state index contributed by atoms with van der Waals surface area (Å²) in [5.74, 6) is -0.367. The molecule has 0 fully saturated rings. The van der Waals surface area contributed by atoms with Gasteiger partial charge in [0, 0.05) is 31.3 Å². The van der Waals surface area contributed by atoms with Crippen LogP contribution in [-0.2, 0) is 33.7 Å². The van der Waals surface area contributed by atoms with Crippen molar-refractivity contribution in [2.24, 2.45) is 0 Å². The van der Waals surface area contributed by atoms with Crippen molar-refractivity contribution in [1.29, 1.82) is 0 Å². The Morgan fingerprint density at radius 2 is 1.92 bits per heavy atom. The molecule has 0 unspecified atom stereocenters. The number of hydrogen-bond acceptors (Lipinski definition) is 4. The fraction of sp³-hybridized carbons (Fsp3) is 0.350. The largest absolute Gasteiger partial charge is 0.467 e. The Bertz CT molecular complexity index is 746. The molecule has 1 aliphatic heterocycles. The molecule has 0 bridgehead atoms. The van der Waals surface area contributed by atoms with Crippen molar-refractivity contribution in [3.8, 4) is 0 Å². The molecule has 5 nitrogen and oxygen atoms in total. The molecular formula is C20H22N2O3. The number of benzene rings is 1. The van der Waals surface area contributed by atoms with Gasteiger partial charge in [-0.25, -0.2) is 4.79 Å². The van der Waals surface area contributed by atoms with E-state index >= 15 is 0 Å². The van der Waals surface area contributed by atoms with Crippen LogP contribution in [0.3, 0.4) is 0 Å². The zero-order chi connectivity index (χ0) is 17.6. The zero-order valence-electron chi connectivity index (χ0n) is 14.4. The molecule has 25 heavy (non-hydrogen) atoms. The molecule has 1 amide bonds. The third kappa shape index (κ3) is 4.05. The fourth-order valence-electron chi connectivity index (χ4n) is 3.24. The summed E-state index contributed by atoms with van der Waals surface area (Å²) in [4.78, 5) is 30.8. The fourth-order valence-corrected chi connectivity index (χ4v) is 3.24. The number of methoxy groups -OCH3 is 1. The number of pyridine rings is 1. The minimum atomic E-state index is -0.540. The Hall–Kier alpha value is -2.69. The number of aromatic nitrogens is 1. The molecule has 1 aromatic heterocycles. The van der Waals surface area contributed by atoms with Crippen molar-refractivity contribution in [2.45, 2.75) is 38.3 Å². The average Bonchev–Trinajstić information content (AvgIpc) is 2.67. The van der Waals surface area contributed by atoms with Crippen LogP contribution in [0, 0.1) is 0 Å². The molecule has 2 aromatic rings. The third-order valence-corrected chi connectivity index (χ3v) is 4.59. The number of hydrogen-bond donors (Lipinski definition) is 0. The average molecular weight is 338 g/mol. The van der Waals surface area contributed by atoms with Gasteiger partial charge in [-0.15, -0.1) is 0 Å². The highest BCUT2D eigenvalue weighted by atomic mass is 16.5. The summed E-state index contributed by atoms with van der Waals surface area (Å²) in [7, 11) is 1.37. The first-order chi connectivity index (χ1) is 12.2. The zero-order valence-corrected chi connectivity index (χ0v) is 14.4. The molecule has 0 radical (unpaired) electrons. The maximum Gasteiger partial charge on any atom is 0.328 e. The molecule has 130 valence electrons. The van der Waals surface area contributed by atoms with Crippen LogP contribution in [0.2, 0.25) is 0 Å². The normalized spacial score (nSPS) is 16.2. The predicted octanol–water partition coefficient (Wildman–Crippen LogP) is 2.53. The molecule has 0 spiro atoms. The maximum atomic E-state index is 12.7. The molecular weight excluding hydrogens is 316 g/mol. The summed E-state index contributed by atoms with van der Waals surface area (Å²) in [6.07, 6.45) is 4.12. The van der Waals surface area contributed by atoms with Gasteiger partial charge in [0.05, 0.1) is 7.11 Å². The van der Waals surface area contributed by atoms with E-state index in [0.717, 1.165) is 23.2 Å². The number of carbonyl (C=O) groups is 2. The van der Waals surface area contributed by atoms with Crippen molar-refractivity contribution >= 4 is 11.9 Å². The van der Waals surface area contributed by atoms with Gasteiger partial charge in [-0.1, -0.05) is 30.3 Å². The SMILES string of the molecule is COC(=O)[C@@H]1Cc2ccccc2CN1C(=O)CCCc1ccccn1. The predicted molar refractivity (Wildman–Crippen MR) is 93.7 cm³/mol. The Labute approximate surface area is 147 Å². The van der Waals surface area contributed by atoms with Crippen LogP contribution in [0.5, 0.6) is 0 Å². The van der Waals surface area contributed by atoms with Crippen LogP contribution in [-0.4, -0.2) is 34.9 Å². The molecule has 0 saturated heterocycles. The van der Waals surface area contributed by atoms with E-state index in [2.05, 4.69) is 4.98 Å². The van der Waals surface area contributed by atoms with Crippen LogP contribution in [0.15, 0.2) is 48.7 Å². The molecule has 0 aliphatic carbocycles. The van der Waals surface area contributed by atoms with E-state index in [1.807, 2.05) is 42.5 Å². The summed E-state index contributed by atoms with van der Waals surface area (Å²) in [6.45, 7) is 0.457. The number of rotatable bonds is 5. The van der Waals surface area contributed by atoms with Gasteiger partial charge in [-0.3, -0.25) is 9.78 Å². The van der Waals surface area contributed by atoms with E-state index in [-0.39, 0.29) is 11.9 Å². The number of ether oxygens (including phenoxy) is 1. The second-order valence-electron chi connectivity index (χ2n) is 6.21. The molecule has 1 atom stereocenters. The van der Waals surface area contributed by atoms with Gasteiger partial charge in [0.25, 0.3) is 0 Å². The molecule has 0 N–H and O–H groups in total. The van der Waals surface area contributed by atoms with E-state index < -0.39 is 6.04 Å². The van der Waals surface area contributed by atoms with Crippen LogP contribution < -0.4 is 0 Å². The second-order valence-corrected chi connectivity index (χ2v) is 6.21. The minimum absolute atomic E-state index is 0.0131. The number of fused-ring (bicyclic) bond motifs is 1. The lowest BCUT2D eigenvalue weighted by atomic mass is 9.93. The molecule has 1 aromatic carbocycles. The monoisotopic (exact) mass is 338 g/mol. The van der Waals surface area contributed by atoms with Gasteiger partial charge < -0.3 is 9.64 Å². The Balaban J connectivity index is 1.67. The summed E-state index contributed by atoms with van der Waals surface area (Å²) in [6, 6.07) is 13.2. The second kappa shape index (κ2) is 7.92. The molecule has 2 heterocycles. The number of esters is 1. The highest BCUT2D eigenvalue weighted by Crippen LogP contribution is 2.25. The summed E-state index contributed by atoms with van der Waals surface area (Å²) >= 11 is 0. The highest BCUT2D eigenvalue weighted by molar-refractivity contribution is 5.85. The van der Waals surface area contributed by atoms with Gasteiger partial charge in [0.2, 0.25) is 5.91 Å². The molecule has 0 saturated carbocycles. The smallest absolute Gasteiger partial charge is 0.328 e. The van der Waals surface area contributed by atoms with E-state index in [1.54, 1.807) is 11.1 Å². The lowest BCUT2D eigenvalue weighted by Crippen LogP contribution is -2.49. The minimum Gasteiger partial charge on any atom is -0.467 e. The van der Waals surface area contributed by atoms with Crippen molar-refractivity contribution < 1.29 is 14.3 Å². The molecule has 1 aliphatic rings. The van der Waals surface area contributed by atoms with Crippen molar-refractivity contribution in [3.05, 3.63) is 65.5 Å². The molecule has 3 rings (SSSR count). The van der Waals surface area contributed by atoms with Crippen LogP contribution in [0.1, 0.15) is 29.7 Å². The number of nitrogens with zero attached hydrogens (tertiary/aromatic N) is 2. The Kier molecular flexibility index (Phi) is 5.43. The first-order valence-electron chi connectivity index (χ1n) is 8.53. The van der Waals surface area contributed by atoms with E-state index in [1.165, 1.54) is 7.11 Å². The van der Waals surface area contributed by atoms with Crippen molar-refractivity contribution in [1.82, 2.24) is 9.88 Å². The van der Waals surface area contributed by atoms with Gasteiger partial charge in [0.1, 0.15) is 6.04 Å². The first-order valence-corrected chi connectivity index (χ1v) is 8.53. The third-order valence-electron chi connectivity index (χ3n) is 4.59.